The van der Waals surface area contributed by atoms with E-state index in [1.807, 2.05) is 48.5 Å². The van der Waals surface area contributed by atoms with Crippen LogP contribution in [-0.4, -0.2) is 10.8 Å². The van der Waals surface area contributed by atoms with Crippen LogP contribution in [0.15, 0.2) is 54.9 Å². The predicted octanol–water partition coefficient (Wildman–Crippen LogP) is 5.16. The Balaban J connectivity index is 1.85. The number of pyridine rings is 1. The van der Waals surface area contributed by atoms with E-state index >= 15 is 0 Å². The Morgan fingerprint density at radius 1 is 1.00 bits per heavy atom. The summed E-state index contributed by atoms with van der Waals surface area (Å²) in [5.41, 5.74) is 2.84. The lowest BCUT2D eigenvalue weighted by Crippen LogP contribution is -2.13. The van der Waals surface area contributed by atoms with E-state index in [0.717, 1.165) is 16.7 Å². The number of benzene rings is 1. The van der Waals surface area contributed by atoms with Gasteiger partial charge < -0.3 is 0 Å². The molecule has 1 fully saturated rings. The van der Waals surface area contributed by atoms with Crippen LogP contribution in [0.3, 0.4) is 0 Å². The molecule has 0 unspecified atom stereocenters. The molecule has 1 aromatic heterocycles. The van der Waals surface area contributed by atoms with Gasteiger partial charge in [0.25, 0.3) is 0 Å². The first-order valence-electron chi connectivity index (χ1n) is 8.53. The van der Waals surface area contributed by atoms with Crippen LogP contribution in [0.4, 0.5) is 0 Å². The molecule has 0 N–H and O–H groups in total. The van der Waals surface area contributed by atoms with E-state index in [4.69, 9.17) is 0 Å². The Kier molecular flexibility index (Phi) is 5.36. The van der Waals surface area contributed by atoms with Gasteiger partial charge in [0.2, 0.25) is 0 Å². The fourth-order valence-corrected chi connectivity index (χ4v) is 3.34. The molecule has 1 heterocycles. The lowest BCUT2D eigenvalue weighted by Gasteiger charge is -2.21. The molecule has 0 aliphatic heterocycles. The number of rotatable bonds is 5. The van der Waals surface area contributed by atoms with Crippen molar-refractivity contribution in [2.24, 2.45) is 5.92 Å². The van der Waals surface area contributed by atoms with Crippen LogP contribution in [0.5, 0.6) is 0 Å². The van der Waals surface area contributed by atoms with Crippen molar-refractivity contribution in [2.75, 3.05) is 0 Å². The fraction of sp³-hybridized carbons (Fsp3) is 0.333. The molecule has 0 amide bonds. The first-order chi connectivity index (χ1) is 11.3. The number of hydrogen-bond donors (Lipinski definition) is 0. The van der Waals surface area contributed by atoms with Crippen LogP contribution in [0.2, 0.25) is 0 Å². The number of hydrogen-bond acceptors (Lipinski definition) is 2. The highest BCUT2D eigenvalue weighted by Gasteiger charge is 2.20. The van der Waals surface area contributed by atoms with E-state index in [9.17, 15) is 4.79 Å². The van der Waals surface area contributed by atoms with Crippen molar-refractivity contribution in [3.8, 4) is 0 Å². The van der Waals surface area contributed by atoms with Crippen molar-refractivity contribution in [3.63, 3.8) is 0 Å². The highest BCUT2D eigenvalue weighted by atomic mass is 16.1. The minimum atomic E-state index is 0.256. The molecule has 1 aliphatic rings. The van der Waals surface area contributed by atoms with Crippen molar-refractivity contribution < 1.29 is 4.79 Å². The average Bonchev–Trinajstić information content (AvgIpc) is 2.62. The van der Waals surface area contributed by atoms with Gasteiger partial charge in [-0.3, -0.25) is 9.78 Å². The maximum atomic E-state index is 12.9. The van der Waals surface area contributed by atoms with Crippen molar-refractivity contribution >= 4 is 17.4 Å². The summed E-state index contributed by atoms with van der Waals surface area (Å²) in [5, 5.41) is 0. The maximum absolute atomic E-state index is 12.9. The smallest absolute Gasteiger partial charge is 0.163 e. The minimum Gasteiger partial charge on any atom is -0.294 e. The second kappa shape index (κ2) is 7.87. The van der Waals surface area contributed by atoms with E-state index in [1.165, 1.54) is 32.1 Å². The number of allylic oxidation sites excluding steroid dienone is 1. The minimum absolute atomic E-state index is 0.256. The van der Waals surface area contributed by atoms with Gasteiger partial charge in [-0.2, -0.15) is 0 Å². The third kappa shape index (κ3) is 4.38. The van der Waals surface area contributed by atoms with Gasteiger partial charge >= 0.3 is 0 Å². The summed E-state index contributed by atoms with van der Waals surface area (Å²) in [4.78, 5) is 17.0. The SMILES string of the molecule is O=C(CC1CCCCC1)/C(=C/c1ccccc1)c1ccncc1. The molecule has 2 aromatic rings. The number of carbonyl (C=O) groups excluding carboxylic acids is 1. The summed E-state index contributed by atoms with van der Waals surface area (Å²) in [6.07, 6.45) is 12.4. The zero-order chi connectivity index (χ0) is 15.9. The molecule has 0 bridgehead atoms. The molecule has 23 heavy (non-hydrogen) atoms. The van der Waals surface area contributed by atoms with Crippen LogP contribution in [0.1, 0.15) is 49.7 Å². The van der Waals surface area contributed by atoms with E-state index in [0.29, 0.717) is 12.3 Å². The van der Waals surface area contributed by atoms with E-state index < -0.39 is 0 Å². The van der Waals surface area contributed by atoms with Gasteiger partial charge in [0.05, 0.1) is 0 Å². The van der Waals surface area contributed by atoms with E-state index in [2.05, 4.69) is 4.98 Å². The zero-order valence-corrected chi connectivity index (χ0v) is 13.4. The highest BCUT2D eigenvalue weighted by Crippen LogP contribution is 2.29. The Bertz CT molecular complexity index is 655. The van der Waals surface area contributed by atoms with Gasteiger partial charge in [0.15, 0.2) is 5.78 Å². The molecular weight excluding hydrogens is 282 g/mol. The largest absolute Gasteiger partial charge is 0.294 e. The molecule has 118 valence electrons. The first-order valence-corrected chi connectivity index (χ1v) is 8.53. The standard InChI is InChI=1S/C21H23NO/c23-21(16-18-9-5-2-6-10-18)20(19-11-13-22-14-12-19)15-17-7-3-1-4-8-17/h1,3-4,7-8,11-15,18H,2,5-6,9-10,16H2/b20-15+. The van der Waals surface area contributed by atoms with E-state index in [-0.39, 0.29) is 5.78 Å². The van der Waals surface area contributed by atoms with Crippen molar-refractivity contribution in [1.82, 2.24) is 4.98 Å². The van der Waals surface area contributed by atoms with Gasteiger partial charge in [-0.05, 0) is 35.3 Å². The van der Waals surface area contributed by atoms with Crippen molar-refractivity contribution in [3.05, 3.63) is 66.0 Å². The van der Waals surface area contributed by atoms with Gasteiger partial charge in [-0.15, -0.1) is 0 Å². The van der Waals surface area contributed by atoms with Crippen LogP contribution >= 0.6 is 0 Å². The van der Waals surface area contributed by atoms with E-state index in [1.54, 1.807) is 12.4 Å². The zero-order valence-electron chi connectivity index (χ0n) is 13.4. The lowest BCUT2D eigenvalue weighted by molar-refractivity contribution is -0.114. The molecular formula is C21H23NO. The van der Waals surface area contributed by atoms with Gasteiger partial charge in [-0.1, -0.05) is 62.4 Å². The van der Waals surface area contributed by atoms with Crippen molar-refractivity contribution in [2.45, 2.75) is 38.5 Å². The molecule has 1 aromatic carbocycles. The third-order valence-electron chi connectivity index (χ3n) is 4.60. The number of ketones is 1. The number of aromatic nitrogens is 1. The summed E-state index contributed by atoms with van der Waals surface area (Å²) >= 11 is 0. The summed E-state index contributed by atoms with van der Waals surface area (Å²) < 4.78 is 0. The second-order valence-corrected chi connectivity index (χ2v) is 6.34. The monoisotopic (exact) mass is 305 g/mol. The maximum Gasteiger partial charge on any atom is 0.163 e. The molecule has 3 rings (SSSR count). The second-order valence-electron chi connectivity index (χ2n) is 6.34. The summed E-state index contributed by atoms with van der Waals surface area (Å²) in [5.74, 6) is 0.809. The van der Waals surface area contributed by atoms with Crippen LogP contribution in [0, 0.1) is 5.92 Å². The van der Waals surface area contributed by atoms with Gasteiger partial charge in [0, 0.05) is 24.4 Å². The summed E-state index contributed by atoms with van der Waals surface area (Å²) in [6.45, 7) is 0. The van der Waals surface area contributed by atoms with Gasteiger partial charge in [0.1, 0.15) is 0 Å². The van der Waals surface area contributed by atoms with Crippen LogP contribution in [0.25, 0.3) is 11.6 Å². The number of carbonyl (C=O) groups is 1. The van der Waals surface area contributed by atoms with Crippen LogP contribution in [-0.2, 0) is 4.79 Å². The topological polar surface area (TPSA) is 30.0 Å². The fourth-order valence-electron chi connectivity index (χ4n) is 3.34. The molecule has 0 atom stereocenters. The van der Waals surface area contributed by atoms with Crippen molar-refractivity contribution in [1.29, 1.82) is 0 Å². The third-order valence-corrected chi connectivity index (χ3v) is 4.60. The number of Topliss-reactive ketones (excluding diaryl/α,β-unsaturated/α-hetero) is 1. The Morgan fingerprint density at radius 3 is 2.39 bits per heavy atom. The first kappa shape index (κ1) is 15.7. The van der Waals surface area contributed by atoms with Crippen LogP contribution < -0.4 is 0 Å². The molecule has 0 saturated heterocycles. The Hall–Kier alpha value is -2.22. The molecule has 1 aliphatic carbocycles. The molecule has 1 saturated carbocycles. The molecule has 0 spiro atoms. The number of nitrogens with zero attached hydrogens (tertiary/aromatic N) is 1. The molecule has 2 heteroatoms. The molecule has 2 nitrogen and oxygen atoms in total. The Morgan fingerprint density at radius 2 is 1.70 bits per heavy atom. The lowest BCUT2D eigenvalue weighted by atomic mass is 9.83. The summed E-state index contributed by atoms with van der Waals surface area (Å²) in [7, 11) is 0. The Labute approximate surface area is 138 Å². The quantitative estimate of drug-likeness (QED) is 0.714. The average molecular weight is 305 g/mol. The summed E-state index contributed by atoms with van der Waals surface area (Å²) in [6, 6.07) is 13.9. The highest BCUT2D eigenvalue weighted by molar-refractivity contribution is 6.25. The molecule has 0 radical (unpaired) electrons. The normalized spacial score (nSPS) is 16.3. The predicted molar refractivity (Wildman–Crippen MR) is 94.7 cm³/mol. The van der Waals surface area contributed by atoms with Gasteiger partial charge in [-0.25, -0.2) is 0 Å².